The van der Waals surface area contributed by atoms with E-state index in [-0.39, 0.29) is 0 Å². The van der Waals surface area contributed by atoms with Crippen molar-refractivity contribution in [1.29, 1.82) is 5.26 Å². The van der Waals surface area contributed by atoms with Crippen LogP contribution in [0.2, 0.25) is 0 Å². The first kappa shape index (κ1) is 17.0. The van der Waals surface area contributed by atoms with Crippen molar-refractivity contribution in [3.05, 3.63) is 35.9 Å². The molecule has 0 aliphatic heterocycles. The topological polar surface area (TPSA) is 99.4 Å². The average molecular weight is 316 g/mol. The SMILES string of the molecule is N#CC1(NC(=O)COC(=O)[C@H](O)c2ccccc2)CCCCC1. The number of ether oxygens (including phenoxy) is 1. The summed E-state index contributed by atoms with van der Waals surface area (Å²) in [6, 6.07) is 10.5. The Morgan fingerprint density at radius 2 is 1.91 bits per heavy atom. The number of nitrogens with one attached hydrogen (secondary N) is 1. The number of aliphatic hydroxyl groups is 1. The van der Waals surface area contributed by atoms with E-state index in [0.717, 1.165) is 19.3 Å². The van der Waals surface area contributed by atoms with Crippen molar-refractivity contribution in [3.63, 3.8) is 0 Å². The van der Waals surface area contributed by atoms with Crippen LogP contribution in [0, 0.1) is 11.3 Å². The maximum Gasteiger partial charge on any atom is 0.340 e. The number of carbonyl (C=O) groups excluding carboxylic acids is 2. The first-order valence-electron chi connectivity index (χ1n) is 7.68. The maximum absolute atomic E-state index is 11.9. The van der Waals surface area contributed by atoms with Gasteiger partial charge in [-0.25, -0.2) is 4.79 Å². The van der Waals surface area contributed by atoms with E-state index in [1.54, 1.807) is 30.3 Å². The smallest absolute Gasteiger partial charge is 0.340 e. The molecule has 23 heavy (non-hydrogen) atoms. The Morgan fingerprint density at radius 3 is 2.52 bits per heavy atom. The summed E-state index contributed by atoms with van der Waals surface area (Å²) < 4.78 is 4.84. The monoisotopic (exact) mass is 316 g/mol. The van der Waals surface area contributed by atoms with Gasteiger partial charge in [0.15, 0.2) is 12.7 Å². The Hall–Kier alpha value is -2.39. The Labute approximate surface area is 135 Å². The lowest BCUT2D eigenvalue weighted by Gasteiger charge is -2.31. The van der Waals surface area contributed by atoms with Gasteiger partial charge in [-0.2, -0.15) is 5.26 Å². The highest BCUT2D eigenvalue weighted by molar-refractivity contribution is 5.83. The molecule has 0 unspecified atom stereocenters. The van der Waals surface area contributed by atoms with E-state index in [0.29, 0.717) is 18.4 Å². The zero-order valence-corrected chi connectivity index (χ0v) is 12.8. The highest BCUT2D eigenvalue weighted by atomic mass is 16.5. The molecule has 1 saturated carbocycles. The second-order valence-corrected chi connectivity index (χ2v) is 5.72. The zero-order chi connectivity index (χ0) is 16.7. The van der Waals surface area contributed by atoms with Crippen LogP contribution in [0.15, 0.2) is 30.3 Å². The Bertz CT molecular complexity index is 588. The van der Waals surface area contributed by atoms with Crippen LogP contribution in [0.1, 0.15) is 43.8 Å². The van der Waals surface area contributed by atoms with Gasteiger partial charge in [0, 0.05) is 0 Å². The normalized spacial score (nSPS) is 17.6. The van der Waals surface area contributed by atoms with Gasteiger partial charge >= 0.3 is 5.97 Å². The van der Waals surface area contributed by atoms with Crippen molar-refractivity contribution in [2.45, 2.75) is 43.7 Å². The summed E-state index contributed by atoms with van der Waals surface area (Å²) in [6.07, 6.45) is 2.62. The van der Waals surface area contributed by atoms with Crippen LogP contribution in [0.25, 0.3) is 0 Å². The lowest BCUT2D eigenvalue weighted by molar-refractivity contribution is -0.157. The molecule has 1 fully saturated rings. The molecule has 0 bridgehead atoms. The van der Waals surface area contributed by atoms with Crippen molar-refractivity contribution >= 4 is 11.9 Å². The van der Waals surface area contributed by atoms with Gasteiger partial charge in [0.05, 0.1) is 6.07 Å². The van der Waals surface area contributed by atoms with Crippen LogP contribution >= 0.6 is 0 Å². The average Bonchev–Trinajstić information content (AvgIpc) is 2.60. The number of amides is 1. The first-order valence-corrected chi connectivity index (χ1v) is 7.68. The predicted octanol–water partition coefficient (Wildman–Crippen LogP) is 1.61. The maximum atomic E-state index is 11.9. The van der Waals surface area contributed by atoms with Gasteiger partial charge in [0.25, 0.3) is 5.91 Å². The minimum Gasteiger partial charge on any atom is -0.453 e. The van der Waals surface area contributed by atoms with Crippen molar-refractivity contribution in [2.24, 2.45) is 0 Å². The molecule has 6 nitrogen and oxygen atoms in total. The van der Waals surface area contributed by atoms with E-state index >= 15 is 0 Å². The van der Waals surface area contributed by atoms with Gasteiger partial charge in [-0.1, -0.05) is 49.6 Å². The Kier molecular flexibility index (Phi) is 5.72. The molecule has 0 spiro atoms. The molecule has 1 aromatic rings. The number of hydrogen-bond donors (Lipinski definition) is 2. The molecule has 2 N–H and O–H groups in total. The Balaban J connectivity index is 1.84. The number of esters is 1. The van der Waals surface area contributed by atoms with Crippen molar-refractivity contribution in [3.8, 4) is 6.07 Å². The number of aliphatic hydroxyl groups excluding tert-OH is 1. The van der Waals surface area contributed by atoms with E-state index in [4.69, 9.17) is 4.74 Å². The van der Waals surface area contributed by atoms with Crippen molar-refractivity contribution in [1.82, 2.24) is 5.32 Å². The van der Waals surface area contributed by atoms with Gasteiger partial charge in [-0.05, 0) is 18.4 Å². The summed E-state index contributed by atoms with van der Waals surface area (Å²) in [5, 5.41) is 21.8. The number of nitriles is 1. The minimum atomic E-state index is -1.43. The molecule has 0 saturated heterocycles. The van der Waals surface area contributed by atoms with Crippen LogP contribution in [0.5, 0.6) is 0 Å². The standard InChI is InChI=1S/C17H20N2O4/c18-12-17(9-5-2-6-10-17)19-14(20)11-23-16(22)15(21)13-7-3-1-4-8-13/h1,3-4,7-8,15,21H,2,5-6,9-11H2,(H,19,20)/t15-/m1/s1. The fourth-order valence-corrected chi connectivity index (χ4v) is 2.71. The van der Waals surface area contributed by atoms with Gasteiger partial charge in [0.1, 0.15) is 5.54 Å². The molecule has 1 aliphatic rings. The van der Waals surface area contributed by atoms with Gasteiger partial charge < -0.3 is 15.2 Å². The minimum absolute atomic E-state index is 0.402. The predicted molar refractivity (Wildman–Crippen MR) is 81.9 cm³/mol. The molecular formula is C17H20N2O4. The van der Waals surface area contributed by atoms with Gasteiger partial charge in [-0.3, -0.25) is 4.79 Å². The van der Waals surface area contributed by atoms with E-state index in [1.165, 1.54) is 0 Å². The fraction of sp³-hybridized carbons (Fsp3) is 0.471. The second-order valence-electron chi connectivity index (χ2n) is 5.72. The molecule has 6 heteroatoms. The third-order valence-corrected chi connectivity index (χ3v) is 3.98. The summed E-state index contributed by atoms with van der Waals surface area (Å²) in [5.41, 5.74) is -0.460. The van der Waals surface area contributed by atoms with Crippen LogP contribution in [0.3, 0.4) is 0 Å². The third-order valence-electron chi connectivity index (χ3n) is 3.98. The molecule has 0 aromatic heterocycles. The number of nitrogens with zero attached hydrogens (tertiary/aromatic N) is 1. The van der Waals surface area contributed by atoms with Crippen molar-refractivity contribution in [2.75, 3.05) is 6.61 Å². The fourth-order valence-electron chi connectivity index (χ4n) is 2.71. The summed E-state index contributed by atoms with van der Waals surface area (Å²) in [6.45, 7) is -0.508. The lowest BCUT2D eigenvalue weighted by atomic mass is 9.83. The summed E-state index contributed by atoms with van der Waals surface area (Å²) in [4.78, 5) is 23.7. The van der Waals surface area contributed by atoms with E-state index in [1.807, 2.05) is 0 Å². The number of benzene rings is 1. The highest BCUT2D eigenvalue weighted by Crippen LogP contribution is 2.27. The van der Waals surface area contributed by atoms with Crippen LogP contribution in [-0.2, 0) is 14.3 Å². The van der Waals surface area contributed by atoms with Crippen LogP contribution in [0.4, 0.5) is 0 Å². The summed E-state index contributed by atoms with van der Waals surface area (Å²) in [5.74, 6) is -1.41. The highest BCUT2D eigenvalue weighted by Gasteiger charge is 2.33. The zero-order valence-electron chi connectivity index (χ0n) is 12.8. The van der Waals surface area contributed by atoms with Gasteiger partial charge in [-0.15, -0.1) is 0 Å². The number of rotatable bonds is 5. The number of hydrogen-bond acceptors (Lipinski definition) is 5. The lowest BCUT2D eigenvalue weighted by Crippen LogP contribution is -2.50. The molecule has 122 valence electrons. The quantitative estimate of drug-likeness (QED) is 0.804. The Morgan fingerprint density at radius 1 is 1.26 bits per heavy atom. The molecular weight excluding hydrogens is 296 g/mol. The summed E-state index contributed by atoms with van der Waals surface area (Å²) >= 11 is 0. The summed E-state index contributed by atoms with van der Waals surface area (Å²) in [7, 11) is 0. The molecule has 1 aliphatic carbocycles. The first-order chi connectivity index (χ1) is 11.1. The molecule has 2 rings (SSSR count). The van der Waals surface area contributed by atoms with Crippen LogP contribution < -0.4 is 5.32 Å². The second kappa shape index (κ2) is 7.75. The van der Waals surface area contributed by atoms with Crippen molar-refractivity contribution < 1.29 is 19.4 Å². The molecule has 0 radical (unpaired) electrons. The molecule has 1 atom stereocenters. The van der Waals surface area contributed by atoms with E-state index in [9.17, 15) is 20.0 Å². The number of carbonyl (C=O) groups is 2. The largest absolute Gasteiger partial charge is 0.453 e. The van der Waals surface area contributed by atoms with Gasteiger partial charge in [0.2, 0.25) is 0 Å². The van der Waals surface area contributed by atoms with Crippen LogP contribution in [-0.4, -0.2) is 29.1 Å². The van der Waals surface area contributed by atoms with E-state index < -0.39 is 30.1 Å². The molecule has 1 aromatic carbocycles. The van der Waals surface area contributed by atoms with E-state index in [2.05, 4.69) is 11.4 Å². The molecule has 0 heterocycles. The molecule has 1 amide bonds. The third kappa shape index (κ3) is 4.54.